The third-order valence-corrected chi connectivity index (χ3v) is 4.44. The van der Waals surface area contributed by atoms with E-state index in [1.807, 2.05) is 30.3 Å². The minimum absolute atomic E-state index is 0. The van der Waals surface area contributed by atoms with Gasteiger partial charge in [-0.2, -0.15) is 0 Å². The molecule has 0 heterocycles. The zero-order valence-corrected chi connectivity index (χ0v) is 17.6. The van der Waals surface area contributed by atoms with Gasteiger partial charge < -0.3 is 25.3 Å². The van der Waals surface area contributed by atoms with Crippen LogP contribution in [0.4, 0.5) is 4.79 Å². The molecule has 0 aromatic heterocycles. The molecule has 2 saturated carbocycles. The number of nitrogens with two attached hydrogens (primary N) is 1. The summed E-state index contributed by atoms with van der Waals surface area (Å²) in [5.41, 5.74) is 4.94. The summed E-state index contributed by atoms with van der Waals surface area (Å²) in [6.07, 6.45) is 2.19. The number of hydrogen-bond donors (Lipinski definition) is 2. The highest BCUT2D eigenvalue weighted by atomic mass is 35.5. The van der Waals surface area contributed by atoms with Crippen LogP contribution >= 0.6 is 12.4 Å². The first-order valence-electron chi connectivity index (χ1n) is 9.47. The standard InChI is InChI=1S/C14H17NO4.C6H11NO2.ClH/c1-2-18-12(16)14(8-9-14)15-13(17)19-10-11-6-4-3-5-7-11;1-2-9-5(8)6(7)3-4-6;/h3-7H,2,8-10H2,1H3,(H,15,17);2-4,7H2,1H3;1H. The van der Waals surface area contributed by atoms with Crippen molar-refractivity contribution in [3.63, 3.8) is 0 Å². The van der Waals surface area contributed by atoms with E-state index in [-0.39, 0.29) is 31.0 Å². The predicted octanol–water partition coefficient (Wildman–Crippen LogP) is 2.47. The monoisotopic (exact) mass is 428 g/mol. The van der Waals surface area contributed by atoms with E-state index in [1.165, 1.54) is 0 Å². The summed E-state index contributed by atoms with van der Waals surface area (Å²) in [6.45, 7) is 4.44. The Hall–Kier alpha value is -2.32. The quantitative estimate of drug-likeness (QED) is 0.506. The molecule has 2 aliphatic rings. The molecule has 9 heteroatoms. The van der Waals surface area contributed by atoms with Gasteiger partial charge in [0.15, 0.2) is 0 Å². The van der Waals surface area contributed by atoms with Crippen molar-refractivity contribution in [1.82, 2.24) is 5.32 Å². The van der Waals surface area contributed by atoms with Crippen molar-refractivity contribution in [3.8, 4) is 0 Å². The lowest BCUT2D eigenvalue weighted by Crippen LogP contribution is -2.44. The summed E-state index contributed by atoms with van der Waals surface area (Å²) in [7, 11) is 0. The second-order valence-corrected chi connectivity index (χ2v) is 6.87. The summed E-state index contributed by atoms with van der Waals surface area (Å²) in [4.78, 5) is 34.1. The number of carbonyl (C=O) groups is 3. The Bertz CT molecular complexity index is 689. The lowest BCUT2D eigenvalue weighted by Gasteiger charge is -2.15. The Morgan fingerprint density at radius 2 is 1.48 bits per heavy atom. The number of carbonyl (C=O) groups excluding carboxylic acids is 3. The van der Waals surface area contributed by atoms with Crippen molar-refractivity contribution in [2.24, 2.45) is 5.73 Å². The molecule has 0 saturated heterocycles. The summed E-state index contributed by atoms with van der Waals surface area (Å²) in [5, 5.41) is 2.59. The maximum absolute atomic E-state index is 11.6. The average molecular weight is 429 g/mol. The Kier molecular flexibility index (Phi) is 9.39. The number of halogens is 1. The van der Waals surface area contributed by atoms with Crippen LogP contribution in [0.1, 0.15) is 45.1 Å². The third-order valence-electron chi connectivity index (χ3n) is 4.44. The molecule has 0 bridgehead atoms. The first kappa shape index (κ1) is 24.7. The molecule has 0 radical (unpaired) electrons. The Morgan fingerprint density at radius 1 is 0.931 bits per heavy atom. The molecule has 0 atom stereocenters. The van der Waals surface area contributed by atoms with Crippen LogP contribution in [0, 0.1) is 0 Å². The Labute approximate surface area is 176 Å². The lowest BCUT2D eigenvalue weighted by molar-refractivity contribution is -0.147. The van der Waals surface area contributed by atoms with E-state index in [0.29, 0.717) is 26.1 Å². The molecule has 1 aromatic carbocycles. The first-order valence-corrected chi connectivity index (χ1v) is 9.47. The lowest BCUT2D eigenvalue weighted by atomic mass is 10.2. The van der Waals surface area contributed by atoms with E-state index < -0.39 is 17.2 Å². The molecule has 1 amide bonds. The highest BCUT2D eigenvalue weighted by molar-refractivity contribution is 5.88. The van der Waals surface area contributed by atoms with E-state index >= 15 is 0 Å². The van der Waals surface area contributed by atoms with Gasteiger partial charge in [0.2, 0.25) is 0 Å². The minimum atomic E-state index is -0.857. The highest BCUT2D eigenvalue weighted by Crippen LogP contribution is 2.36. The van der Waals surface area contributed by atoms with Crippen LogP contribution in [0.3, 0.4) is 0 Å². The number of amides is 1. The van der Waals surface area contributed by atoms with Gasteiger partial charge in [0.1, 0.15) is 17.7 Å². The van der Waals surface area contributed by atoms with Gasteiger partial charge in [-0.3, -0.25) is 4.79 Å². The number of rotatable bonds is 7. The number of nitrogens with one attached hydrogen (secondary N) is 1. The van der Waals surface area contributed by atoms with Gasteiger partial charge in [0.25, 0.3) is 0 Å². The van der Waals surface area contributed by atoms with Crippen LogP contribution in [0.15, 0.2) is 30.3 Å². The second kappa shape index (κ2) is 11.0. The van der Waals surface area contributed by atoms with E-state index in [2.05, 4.69) is 5.32 Å². The van der Waals surface area contributed by atoms with Crippen molar-refractivity contribution >= 4 is 30.4 Å². The molecule has 2 aliphatic carbocycles. The molecule has 2 fully saturated rings. The van der Waals surface area contributed by atoms with E-state index in [0.717, 1.165) is 18.4 Å². The number of esters is 2. The molecular formula is C20H29ClN2O6. The van der Waals surface area contributed by atoms with Crippen LogP contribution in [0.2, 0.25) is 0 Å². The molecule has 29 heavy (non-hydrogen) atoms. The Balaban J connectivity index is 0.000000355. The number of benzene rings is 1. The van der Waals surface area contributed by atoms with Crippen molar-refractivity contribution in [2.75, 3.05) is 13.2 Å². The normalized spacial score (nSPS) is 16.7. The molecule has 0 unspecified atom stereocenters. The highest BCUT2D eigenvalue weighted by Gasteiger charge is 2.53. The SMILES string of the molecule is CCOC(=O)C1(N)CC1.CCOC(=O)C1(NC(=O)OCc2ccccc2)CC1.Cl. The topological polar surface area (TPSA) is 117 Å². The van der Waals surface area contributed by atoms with Gasteiger partial charge in [0, 0.05) is 0 Å². The fourth-order valence-electron chi connectivity index (χ4n) is 2.34. The van der Waals surface area contributed by atoms with Crippen LogP contribution in [-0.2, 0) is 30.4 Å². The zero-order valence-electron chi connectivity index (χ0n) is 16.8. The number of hydrogen-bond acceptors (Lipinski definition) is 7. The largest absolute Gasteiger partial charge is 0.465 e. The maximum atomic E-state index is 11.6. The van der Waals surface area contributed by atoms with Gasteiger partial charge in [-0.1, -0.05) is 30.3 Å². The summed E-state index contributed by atoms with van der Waals surface area (Å²) in [6, 6.07) is 9.37. The Morgan fingerprint density at radius 3 is 1.97 bits per heavy atom. The van der Waals surface area contributed by atoms with Gasteiger partial charge in [0.05, 0.1) is 13.2 Å². The molecule has 0 spiro atoms. The molecule has 8 nitrogen and oxygen atoms in total. The van der Waals surface area contributed by atoms with Crippen molar-refractivity contribution in [2.45, 2.75) is 57.2 Å². The molecule has 162 valence electrons. The van der Waals surface area contributed by atoms with E-state index in [4.69, 9.17) is 19.9 Å². The second-order valence-electron chi connectivity index (χ2n) is 6.87. The smallest absolute Gasteiger partial charge is 0.408 e. The number of alkyl carbamates (subject to hydrolysis) is 1. The molecule has 3 N–H and O–H groups in total. The molecule has 3 rings (SSSR count). The fraction of sp³-hybridized carbons (Fsp3) is 0.550. The first-order chi connectivity index (χ1) is 13.3. The van der Waals surface area contributed by atoms with Gasteiger partial charge >= 0.3 is 18.0 Å². The van der Waals surface area contributed by atoms with E-state index in [9.17, 15) is 14.4 Å². The number of ether oxygens (including phenoxy) is 3. The fourth-order valence-corrected chi connectivity index (χ4v) is 2.34. The van der Waals surface area contributed by atoms with Crippen molar-refractivity contribution < 1.29 is 28.6 Å². The molecular weight excluding hydrogens is 400 g/mol. The zero-order chi connectivity index (χ0) is 20.6. The summed E-state index contributed by atoms with van der Waals surface area (Å²) in [5.74, 6) is -0.628. The van der Waals surface area contributed by atoms with E-state index in [1.54, 1.807) is 13.8 Å². The predicted molar refractivity (Wildman–Crippen MR) is 108 cm³/mol. The van der Waals surface area contributed by atoms with Gasteiger partial charge in [-0.05, 0) is 45.1 Å². The summed E-state index contributed by atoms with van der Waals surface area (Å²) < 4.78 is 14.7. The van der Waals surface area contributed by atoms with Gasteiger partial charge in [-0.25, -0.2) is 9.59 Å². The third kappa shape index (κ3) is 7.55. The average Bonchev–Trinajstić information content (AvgIpc) is 3.60. The summed E-state index contributed by atoms with van der Waals surface area (Å²) >= 11 is 0. The van der Waals surface area contributed by atoms with Crippen molar-refractivity contribution in [3.05, 3.63) is 35.9 Å². The maximum Gasteiger partial charge on any atom is 0.408 e. The van der Waals surface area contributed by atoms with Crippen LogP contribution < -0.4 is 11.1 Å². The molecule has 0 aliphatic heterocycles. The van der Waals surface area contributed by atoms with Crippen LogP contribution in [0.5, 0.6) is 0 Å². The minimum Gasteiger partial charge on any atom is -0.465 e. The van der Waals surface area contributed by atoms with Crippen LogP contribution in [-0.4, -0.2) is 42.3 Å². The molecule has 1 aromatic rings. The van der Waals surface area contributed by atoms with Crippen LogP contribution in [0.25, 0.3) is 0 Å². The van der Waals surface area contributed by atoms with Gasteiger partial charge in [-0.15, -0.1) is 12.4 Å². The van der Waals surface area contributed by atoms with Crippen molar-refractivity contribution in [1.29, 1.82) is 0 Å².